The second-order valence-corrected chi connectivity index (χ2v) is 5.23. The minimum Gasteiger partial charge on any atom is -0.308 e. The first-order valence-electron chi connectivity index (χ1n) is 5.08. The predicted octanol–water partition coefficient (Wildman–Crippen LogP) is 2.96. The van der Waals surface area contributed by atoms with Crippen molar-refractivity contribution in [2.24, 2.45) is 0 Å². The third-order valence-electron chi connectivity index (χ3n) is 2.24. The van der Waals surface area contributed by atoms with Gasteiger partial charge in [0.15, 0.2) is 0 Å². The van der Waals surface area contributed by atoms with Crippen molar-refractivity contribution in [3.63, 3.8) is 0 Å². The number of nitriles is 1. The Bertz CT molecular complexity index is 545. The molecule has 0 aliphatic heterocycles. The van der Waals surface area contributed by atoms with E-state index in [9.17, 15) is 0 Å². The van der Waals surface area contributed by atoms with Crippen molar-refractivity contribution in [2.45, 2.75) is 13.1 Å². The summed E-state index contributed by atoms with van der Waals surface area (Å²) < 4.78 is 0.792. The molecule has 0 saturated carbocycles. The number of hydrogen-bond donors (Lipinski definition) is 1. The molecule has 0 atom stereocenters. The molecule has 2 heterocycles. The van der Waals surface area contributed by atoms with Crippen LogP contribution < -0.4 is 5.32 Å². The van der Waals surface area contributed by atoms with Crippen molar-refractivity contribution < 1.29 is 0 Å². The van der Waals surface area contributed by atoms with Crippen LogP contribution >= 0.6 is 22.9 Å². The van der Waals surface area contributed by atoms with Crippen LogP contribution in [0.1, 0.15) is 16.1 Å². The molecule has 0 aliphatic carbocycles. The fraction of sp³-hybridized carbons (Fsp3) is 0.167. The molecule has 0 spiro atoms. The number of rotatable bonds is 4. The number of halogens is 1. The van der Waals surface area contributed by atoms with Gasteiger partial charge in [-0.1, -0.05) is 17.7 Å². The van der Waals surface area contributed by atoms with Gasteiger partial charge in [-0.05, 0) is 18.2 Å². The summed E-state index contributed by atoms with van der Waals surface area (Å²) in [5.41, 5.74) is 1.39. The molecule has 17 heavy (non-hydrogen) atoms. The molecule has 3 nitrogen and oxygen atoms in total. The number of nitrogens with zero attached hydrogens (tertiary/aromatic N) is 2. The van der Waals surface area contributed by atoms with E-state index in [1.165, 1.54) is 4.88 Å². The Kier molecular flexibility index (Phi) is 4.10. The minimum atomic E-state index is 0.476. The van der Waals surface area contributed by atoms with Crippen molar-refractivity contribution in [1.29, 1.82) is 5.26 Å². The fourth-order valence-electron chi connectivity index (χ4n) is 1.45. The van der Waals surface area contributed by atoms with Crippen LogP contribution in [0.5, 0.6) is 0 Å². The standard InChI is InChI=1S/C12H10ClN3S/c13-12-4-3-10(17-12)8-15-7-9-2-1-5-16-11(9)6-14/h1-5,15H,7-8H2. The van der Waals surface area contributed by atoms with Gasteiger partial charge in [-0.3, -0.25) is 0 Å². The van der Waals surface area contributed by atoms with Crippen LogP contribution in [0.2, 0.25) is 4.34 Å². The maximum absolute atomic E-state index is 8.88. The van der Waals surface area contributed by atoms with E-state index in [1.54, 1.807) is 17.5 Å². The Balaban J connectivity index is 1.92. The van der Waals surface area contributed by atoms with E-state index in [0.717, 1.165) is 16.4 Å². The lowest BCUT2D eigenvalue weighted by Gasteiger charge is -2.04. The average molecular weight is 264 g/mol. The van der Waals surface area contributed by atoms with E-state index < -0.39 is 0 Å². The summed E-state index contributed by atoms with van der Waals surface area (Å²) in [7, 11) is 0. The van der Waals surface area contributed by atoms with Gasteiger partial charge in [0.25, 0.3) is 0 Å². The zero-order chi connectivity index (χ0) is 12.1. The number of nitrogens with one attached hydrogen (secondary N) is 1. The van der Waals surface area contributed by atoms with Crippen molar-refractivity contribution >= 4 is 22.9 Å². The van der Waals surface area contributed by atoms with E-state index in [1.807, 2.05) is 24.3 Å². The summed E-state index contributed by atoms with van der Waals surface area (Å²) >= 11 is 7.40. The minimum absolute atomic E-state index is 0.476. The third kappa shape index (κ3) is 3.27. The van der Waals surface area contributed by atoms with Gasteiger partial charge in [-0.2, -0.15) is 5.26 Å². The molecule has 5 heteroatoms. The van der Waals surface area contributed by atoms with Gasteiger partial charge in [0.1, 0.15) is 11.8 Å². The van der Waals surface area contributed by atoms with E-state index in [0.29, 0.717) is 12.2 Å². The molecular weight excluding hydrogens is 254 g/mol. The highest BCUT2D eigenvalue weighted by atomic mass is 35.5. The van der Waals surface area contributed by atoms with Gasteiger partial charge >= 0.3 is 0 Å². The monoisotopic (exact) mass is 263 g/mol. The van der Waals surface area contributed by atoms with E-state index in [-0.39, 0.29) is 0 Å². The fourth-order valence-corrected chi connectivity index (χ4v) is 2.51. The highest BCUT2D eigenvalue weighted by Crippen LogP contribution is 2.21. The van der Waals surface area contributed by atoms with Gasteiger partial charge < -0.3 is 5.32 Å². The molecule has 0 fully saturated rings. The summed E-state index contributed by atoms with van der Waals surface area (Å²) in [4.78, 5) is 5.19. The Hall–Kier alpha value is -1.41. The van der Waals surface area contributed by atoms with Crippen LogP contribution in [0.4, 0.5) is 0 Å². The van der Waals surface area contributed by atoms with Crippen LogP contribution in [0.25, 0.3) is 0 Å². The van der Waals surface area contributed by atoms with Crippen LogP contribution in [0.15, 0.2) is 30.5 Å². The Morgan fingerprint density at radius 1 is 1.35 bits per heavy atom. The Morgan fingerprint density at radius 2 is 2.24 bits per heavy atom. The number of hydrogen-bond acceptors (Lipinski definition) is 4. The first-order chi connectivity index (χ1) is 8.29. The first kappa shape index (κ1) is 12.1. The zero-order valence-corrected chi connectivity index (χ0v) is 10.6. The van der Waals surface area contributed by atoms with Gasteiger partial charge in [0, 0.05) is 29.7 Å². The molecule has 0 aromatic carbocycles. The summed E-state index contributed by atoms with van der Waals surface area (Å²) in [6.45, 7) is 1.38. The summed E-state index contributed by atoms with van der Waals surface area (Å²) in [6.07, 6.45) is 1.63. The molecule has 0 saturated heterocycles. The second-order valence-electron chi connectivity index (χ2n) is 3.43. The van der Waals surface area contributed by atoms with Crippen LogP contribution in [0.3, 0.4) is 0 Å². The molecule has 1 N–H and O–H groups in total. The number of thiophene rings is 1. The average Bonchev–Trinajstić information content (AvgIpc) is 2.76. The van der Waals surface area contributed by atoms with Crippen LogP contribution in [0, 0.1) is 11.3 Å². The lowest BCUT2D eigenvalue weighted by molar-refractivity contribution is 0.697. The third-order valence-corrected chi connectivity index (χ3v) is 3.47. The molecule has 86 valence electrons. The van der Waals surface area contributed by atoms with Crippen LogP contribution in [-0.2, 0) is 13.1 Å². The van der Waals surface area contributed by atoms with E-state index in [2.05, 4.69) is 16.4 Å². The zero-order valence-electron chi connectivity index (χ0n) is 8.98. The first-order valence-corrected chi connectivity index (χ1v) is 6.28. The molecule has 0 unspecified atom stereocenters. The van der Waals surface area contributed by atoms with Crippen molar-refractivity contribution in [2.75, 3.05) is 0 Å². The summed E-state index contributed by atoms with van der Waals surface area (Å²) in [5.74, 6) is 0. The maximum atomic E-state index is 8.88. The van der Waals surface area contributed by atoms with Crippen LogP contribution in [-0.4, -0.2) is 4.98 Å². The highest BCUT2D eigenvalue weighted by molar-refractivity contribution is 7.16. The molecule has 2 rings (SSSR count). The van der Waals surface area contributed by atoms with Gasteiger partial charge in [-0.25, -0.2) is 4.98 Å². The van der Waals surface area contributed by atoms with Gasteiger partial charge in [0.2, 0.25) is 0 Å². The molecule has 0 bridgehead atoms. The topological polar surface area (TPSA) is 48.7 Å². The largest absolute Gasteiger partial charge is 0.308 e. The number of aromatic nitrogens is 1. The lowest BCUT2D eigenvalue weighted by atomic mass is 10.2. The van der Waals surface area contributed by atoms with Gasteiger partial charge in [0.05, 0.1) is 4.34 Å². The van der Waals surface area contributed by atoms with Gasteiger partial charge in [-0.15, -0.1) is 11.3 Å². The summed E-state index contributed by atoms with van der Waals surface area (Å²) in [5, 5.41) is 12.1. The quantitative estimate of drug-likeness (QED) is 0.923. The van der Waals surface area contributed by atoms with Crippen molar-refractivity contribution in [3.05, 3.63) is 50.9 Å². The molecular formula is C12H10ClN3S. The smallest absolute Gasteiger partial charge is 0.144 e. The Labute approximate surface area is 109 Å². The molecule has 0 radical (unpaired) electrons. The van der Waals surface area contributed by atoms with Crippen molar-refractivity contribution in [1.82, 2.24) is 10.3 Å². The van der Waals surface area contributed by atoms with E-state index >= 15 is 0 Å². The van der Waals surface area contributed by atoms with Crippen molar-refractivity contribution in [3.8, 4) is 6.07 Å². The Morgan fingerprint density at radius 3 is 2.94 bits per heavy atom. The lowest BCUT2D eigenvalue weighted by Crippen LogP contribution is -2.13. The molecule has 2 aromatic rings. The SMILES string of the molecule is N#Cc1ncccc1CNCc1ccc(Cl)s1. The maximum Gasteiger partial charge on any atom is 0.144 e. The van der Waals surface area contributed by atoms with E-state index in [4.69, 9.17) is 16.9 Å². The molecule has 0 aliphatic rings. The molecule has 2 aromatic heterocycles. The highest BCUT2D eigenvalue weighted by Gasteiger charge is 2.02. The second kappa shape index (κ2) is 5.78. The normalized spacial score (nSPS) is 10.1. The summed E-state index contributed by atoms with van der Waals surface area (Å²) in [6, 6.07) is 9.69. The number of pyridine rings is 1. The molecule has 0 amide bonds. The predicted molar refractivity (Wildman–Crippen MR) is 68.8 cm³/mol.